The quantitative estimate of drug-likeness (QED) is 0.489. The lowest BCUT2D eigenvalue weighted by atomic mass is 9.95. The minimum Gasteiger partial charge on any atom is -0.495 e. The van der Waals surface area contributed by atoms with E-state index in [1.54, 1.807) is 7.11 Å². The molecule has 3 heterocycles. The largest absolute Gasteiger partial charge is 0.495 e. The second kappa shape index (κ2) is 7.47. The van der Waals surface area contributed by atoms with Crippen LogP contribution in [0, 0.1) is 0 Å². The highest BCUT2D eigenvalue weighted by atomic mass is 16.7. The molecule has 1 N–H and O–H groups in total. The molecule has 3 aromatic rings. The molecule has 0 saturated carbocycles. The maximum Gasteiger partial charge on any atom is 0.231 e. The summed E-state index contributed by atoms with van der Waals surface area (Å²) < 4.78 is 19.2. The summed E-state index contributed by atoms with van der Waals surface area (Å²) in [4.78, 5) is 0. The van der Waals surface area contributed by atoms with Gasteiger partial charge in [-0.2, -0.15) is 4.57 Å². The van der Waals surface area contributed by atoms with E-state index in [9.17, 15) is 0 Å². The van der Waals surface area contributed by atoms with Gasteiger partial charge in [-0.05, 0) is 35.6 Å². The average molecular weight is 391 g/mol. The van der Waals surface area contributed by atoms with Crippen LogP contribution in [0.25, 0.3) is 22.0 Å². The van der Waals surface area contributed by atoms with Crippen molar-refractivity contribution < 1.29 is 18.8 Å². The Morgan fingerprint density at radius 1 is 1.10 bits per heavy atom. The van der Waals surface area contributed by atoms with Crippen molar-refractivity contribution in [3.8, 4) is 28.5 Å². The summed E-state index contributed by atoms with van der Waals surface area (Å²) in [7, 11) is 1.74. The Kier molecular flexibility index (Phi) is 4.66. The van der Waals surface area contributed by atoms with Crippen molar-refractivity contribution in [3.05, 3.63) is 42.1 Å². The summed E-state index contributed by atoms with van der Waals surface area (Å²) in [5, 5.41) is 6.04. The maximum atomic E-state index is 5.66. The molecular formula is C24H27N2O3+. The number of aromatic nitrogens is 1. The number of fused-ring (bicyclic) bond motifs is 5. The molecule has 1 aromatic heterocycles. The van der Waals surface area contributed by atoms with Crippen LogP contribution in [0.4, 0.5) is 5.69 Å². The van der Waals surface area contributed by atoms with E-state index in [-0.39, 0.29) is 0 Å². The number of hydrogen-bond acceptors (Lipinski definition) is 4. The molecule has 5 heteroatoms. The number of benzene rings is 2. The van der Waals surface area contributed by atoms with E-state index >= 15 is 0 Å². The number of unbranched alkanes of at least 4 members (excludes halogenated alkanes) is 2. The topological polar surface area (TPSA) is 43.6 Å². The van der Waals surface area contributed by atoms with Crippen LogP contribution >= 0.6 is 0 Å². The number of ether oxygens (including phenoxy) is 3. The SMILES string of the molecule is CCCCCNc1c(OC)ccc2cc3[n+](cc12)CCc1cc2c(cc1-3)OCO2. The molecule has 29 heavy (non-hydrogen) atoms. The van der Waals surface area contributed by atoms with Gasteiger partial charge in [0.25, 0.3) is 0 Å². The summed E-state index contributed by atoms with van der Waals surface area (Å²) >= 11 is 0. The lowest BCUT2D eigenvalue weighted by molar-refractivity contribution is -0.686. The summed E-state index contributed by atoms with van der Waals surface area (Å²) in [6, 6.07) is 10.8. The lowest BCUT2D eigenvalue weighted by Gasteiger charge is -2.18. The zero-order chi connectivity index (χ0) is 19.8. The molecule has 0 saturated heterocycles. The minimum absolute atomic E-state index is 0.308. The Bertz CT molecular complexity index is 1080. The summed E-state index contributed by atoms with van der Waals surface area (Å²) in [5.74, 6) is 2.60. The van der Waals surface area contributed by atoms with E-state index in [1.807, 2.05) is 0 Å². The van der Waals surface area contributed by atoms with Crippen LogP contribution in [0.15, 0.2) is 36.5 Å². The molecule has 0 atom stereocenters. The van der Waals surface area contributed by atoms with Crippen molar-refractivity contribution in [2.24, 2.45) is 0 Å². The standard InChI is InChI=1S/C24H26N2O3/c1-3-4-5-9-25-24-19-14-26-10-8-17-12-22-23(29-15-28-22)13-18(17)20(26)11-16(19)6-7-21(24)27-2/h6-7,11-14H,3-5,8-10,15H2,1-2H3/p+1. The Balaban J connectivity index is 1.59. The second-order valence-corrected chi connectivity index (χ2v) is 7.74. The van der Waals surface area contributed by atoms with Crippen LogP contribution in [0.2, 0.25) is 0 Å². The van der Waals surface area contributed by atoms with E-state index in [0.29, 0.717) is 6.79 Å². The molecule has 0 spiro atoms. The number of aryl methyl sites for hydroxylation is 2. The van der Waals surface area contributed by atoms with Gasteiger partial charge in [-0.15, -0.1) is 0 Å². The van der Waals surface area contributed by atoms with E-state index in [1.165, 1.54) is 40.4 Å². The molecule has 2 aromatic carbocycles. The van der Waals surface area contributed by atoms with Crippen LogP contribution < -0.4 is 24.1 Å². The molecule has 150 valence electrons. The van der Waals surface area contributed by atoms with Crippen molar-refractivity contribution in [2.75, 3.05) is 25.8 Å². The van der Waals surface area contributed by atoms with E-state index < -0.39 is 0 Å². The first-order chi connectivity index (χ1) is 14.3. The highest BCUT2D eigenvalue weighted by molar-refractivity contribution is 5.97. The first-order valence-corrected chi connectivity index (χ1v) is 10.5. The summed E-state index contributed by atoms with van der Waals surface area (Å²) in [6.45, 7) is 4.44. The van der Waals surface area contributed by atoms with Gasteiger partial charge in [0.1, 0.15) is 5.75 Å². The Hall–Kier alpha value is -2.95. The third-order valence-corrected chi connectivity index (χ3v) is 5.93. The van der Waals surface area contributed by atoms with Crippen LogP contribution in [0.3, 0.4) is 0 Å². The molecule has 0 radical (unpaired) electrons. The van der Waals surface area contributed by atoms with Crippen LogP contribution in [-0.2, 0) is 13.0 Å². The first kappa shape index (κ1) is 18.1. The van der Waals surface area contributed by atoms with Gasteiger partial charge >= 0.3 is 0 Å². The highest BCUT2D eigenvalue weighted by Gasteiger charge is 2.28. The fourth-order valence-electron chi connectivity index (χ4n) is 4.36. The smallest absolute Gasteiger partial charge is 0.231 e. The van der Waals surface area contributed by atoms with Gasteiger partial charge in [0, 0.05) is 19.0 Å². The van der Waals surface area contributed by atoms with E-state index in [2.05, 4.69) is 53.3 Å². The minimum atomic E-state index is 0.308. The Morgan fingerprint density at radius 2 is 1.97 bits per heavy atom. The van der Waals surface area contributed by atoms with Crippen LogP contribution in [0.5, 0.6) is 17.2 Å². The van der Waals surface area contributed by atoms with Crippen molar-refractivity contribution in [2.45, 2.75) is 39.2 Å². The van der Waals surface area contributed by atoms with Crippen molar-refractivity contribution in [1.82, 2.24) is 0 Å². The van der Waals surface area contributed by atoms with E-state index in [4.69, 9.17) is 14.2 Å². The average Bonchev–Trinajstić information content (AvgIpc) is 3.21. The molecule has 2 aliphatic rings. The molecule has 2 aliphatic heterocycles. The fraction of sp³-hybridized carbons (Fsp3) is 0.375. The van der Waals surface area contributed by atoms with Crippen LogP contribution in [0.1, 0.15) is 31.7 Å². The molecular weight excluding hydrogens is 364 g/mol. The normalized spacial score (nSPS) is 13.9. The monoisotopic (exact) mass is 391 g/mol. The van der Waals surface area contributed by atoms with Gasteiger partial charge in [0.05, 0.1) is 23.7 Å². The molecule has 5 nitrogen and oxygen atoms in total. The molecule has 0 amide bonds. The predicted octanol–water partition coefficient (Wildman–Crippen LogP) is 4.69. The van der Waals surface area contributed by atoms with E-state index in [0.717, 1.165) is 48.9 Å². The van der Waals surface area contributed by atoms with Gasteiger partial charge in [-0.3, -0.25) is 0 Å². The fourth-order valence-corrected chi connectivity index (χ4v) is 4.36. The third kappa shape index (κ3) is 3.15. The summed E-state index contributed by atoms with van der Waals surface area (Å²) in [5.41, 5.74) is 4.86. The maximum absolute atomic E-state index is 5.66. The van der Waals surface area contributed by atoms with Gasteiger partial charge in [0.2, 0.25) is 12.5 Å². The molecule has 0 fully saturated rings. The second-order valence-electron chi connectivity index (χ2n) is 7.74. The number of anilines is 1. The zero-order valence-electron chi connectivity index (χ0n) is 17.1. The number of nitrogens with zero attached hydrogens (tertiary/aromatic N) is 1. The van der Waals surface area contributed by atoms with Crippen LogP contribution in [-0.4, -0.2) is 20.4 Å². The Labute approximate surface area is 171 Å². The summed E-state index contributed by atoms with van der Waals surface area (Å²) in [6.07, 6.45) is 6.86. The van der Waals surface area contributed by atoms with Gasteiger partial charge in [-0.25, -0.2) is 0 Å². The molecule has 0 bridgehead atoms. The van der Waals surface area contributed by atoms with Crippen molar-refractivity contribution in [1.29, 1.82) is 0 Å². The third-order valence-electron chi connectivity index (χ3n) is 5.93. The first-order valence-electron chi connectivity index (χ1n) is 10.5. The zero-order valence-corrected chi connectivity index (χ0v) is 17.1. The number of pyridine rings is 1. The van der Waals surface area contributed by atoms with Gasteiger partial charge in [0.15, 0.2) is 24.2 Å². The number of nitrogens with one attached hydrogen (secondary N) is 1. The Morgan fingerprint density at radius 3 is 2.79 bits per heavy atom. The van der Waals surface area contributed by atoms with Gasteiger partial charge in [-0.1, -0.05) is 25.8 Å². The lowest BCUT2D eigenvalue weighted by Crippen LogP contribution is -2.40. The predicted molar refractivity (Wildman–Crippen MR) is 114 cm³/mol. The molecule has 5 rings (SSSR count). The molecule has 0 aliphatic carbocycles. The number of methoxy groups -OCH3 is 1. The highest BCUT2D eigenvalue weighted by Crippen LogP contribution is 2.41. The van der Waals surface area contributed by atoms with Gasteiger partial charge < -0.3 is 19.5 Å². The van der Waals surface area contributed by atoms with Crippen molar-refractivity contribution >= 4 is 16.5 Å². The number of rotatable bonds is 6. The van der Waals surface area contributed by atoms with Crippen molar-refractivity contribution in [3.63, 3.8) is 0 Å². The number of hydrogen-bond donors (Lipinski definition) is 1. The molecule has 0 unspecified atom stereocenters.